The van der Waals surface area contributed by atoms with Gasteiger partial charge in [0.25, 0.3) is 0 Å². The molecule has 23 heavy (non-hydrogen) atoms. The first-order valence-electron chi connectivity index (χ1n) is 7.21. The quantitative estimate of drug-likeness (QED) is 0.822. The molecule has 0 bridgehead atoms. The van der Waals surface area contributed by atoms with Gasteiger partial charge in [0, 0.05) is 11.6 Å². The number of benzene rings is 1. The number of aliphatic carboxylic acids is 1. The Balaban J connectivity index is 1.87. The van der Waals surface area contributed by atoms with Crippen LogP contribution in [0.15, 0.2) is 12.1 Å². The van der Waals surface area contributed by atoms with Crippen molar-refractivity contribution in [2.75, 3.05) is 12.1 Å². The maximum atomic E-state index is 12.4. The number of carboxylic acids is 1. The fourth-order valence-electron chi connectivity index (χ4n) is 3.14. The molecular weight excluding hydrogens is 302 g/mol. The van der Waals surface area contributed by atoms with Gasteiger partial charge in [-0.25, -0.2) is 0 Å². The molecule has 1 fully saturated rings. The summed E-state index contributed by atoms with van der Waals surface area (Å²) in [6.07, 6.45) is 0. The minimum absolute atomic E-state index is 0.0564. The van der Waals surface area contributed by atoms with Crippen LogP contribution in [0.25, 0.3) is 0 Å². The first-order chi connectivity index (χ1) is 10.7. The van der Waals surface area contributed by atoms with E-state index in [4.69, 9.17) is 9.47 Å². The molecule has 0 saturated heterocycles. The summed E-state index contributed by atoms with van der Waals surface area (Å²) in [4.78, 5) is 35.4. The number of fused-ring (bicyclic) bond motifs is 1. The number of hydrogen-bond donors (Lipinski definition) is 2. The highest BCUT2D eigenvalue weighted by atomic mass is 16.7. The monoisotopic (exact) mass is 319 g/mol. The van der Waals surface area contributed by atoms with E-state index in [9.17, 15) is 19.5 Å². The summed E-state index contributed by atoms with van der Waals surface area (Å²) in [5, 5.41) is 11.8. The lowest BCUT2D eigenvalue weighted by molar-refractivity contribution is -0.140. The van der Waals surface area contributed by atoms with Crippen LogP contribution in [0.5, 0.6) is 11.5 Å². The number of Topliss-reactive ketones (excluding diaryl/α,β-unsaturated/α-hetero) is 1. The molecule has 1 heterocycles. The Morgan fingerprint density at radius 3 is 2.30 bits per heavy atom. The van der Waals surface area contributed by atoms with E-state index >= 15 is 0 Å². The summed E-state index contributed by atoms with van der Waals surface area (Å²) in [6, 6.07) is 3.05. The Labute approximate surface area is 132 Å². The van der Waals surface area contributed by atoms with Crippen molar-refractivity contribution in [3.63, 3.8) is 0 Å². The molecule has 2 atom stereocenters. The molecule has 1 aliphatic heterocycles. The Morgan fingerprint density at radius 1 is 1.17 bits per heavy atom. The molecule has 1 aromatic rings. The van der Waals surface area contributed by atoms with Crippen molar-refractivity contribution in [1.29, 1.82) is 0 Å². The molecule has 1 aliphatic carbocycles. The van der Waals surface area contributed by atoms with Crippen LogP contribution in [0.1, 0.15) is 31.1 Å². The van der Waals surface area contributed by atoms with Gasteiger partial charge in [-0.05, 0) is 18.4 Å². The number of ether oxygens (including phenoxy) is 2. The van der Waals surface area contributed by atoms with Gasteiger partial charge in [-0.15, -0.1) is 0 Å². The van der Waals surface area contributed by atoms with Gasteiger partial charge < -0.3 is 19.9 Å². The van der Waals surface area contributed by atoms with E-state index < -0.39 is 29.1 Å². The summed E-state index contributed by atoms with van der Waals surface area (Å²) in [5.74, 6) is -2.11. The number of rotatable bonds is 4. The van der Waals surface area contributed by atoms with E-state index in [1.807, 2.05) is 0 Å². The number of carbonyl (C=O) groups excluding carboxylic acids is 2. The molecule has 0 unspecified atom stereocenters. The average molecular weight is 319 g/mol. The third kappa shape index (κ3) is 2.42. The van der Waals surface area contributed by atoms with E-state index in [1.54, 1.807) is 13.8 Å². The molecule has 2 aliphatic rings. The third-order valence-electron chi connectivity index (χ3n) is 4.53. The first kappa shape index (κ1) is 15.3. The summed E-state index contributed by atoms with van der Waals surface area (Å²) in [5.41, 5.74) is -0.00523. The summed E-state index contributed by atoms with van der Waals surface area (Å²) < 4.78 is 10.5. The van der Waals surface area contributed by atoms with Crippen molar-refractivity contribution in [1.82, 2.24) is 0 Å². The van der Waals surface area contributed by atoms with Crippen molar-refractivity contribution in [2.24, 2.45) is 17.3 Å². The molecule has 3 rings (SSSR count). The van der Waals surface area contributed by atoms with Crippen LogP contribution in [0, 0.1) is 17.3 Å². The number of hydrogen-bond acceptors (Lipinski definition) is 5. The predicted octanol–water partition coefficient (Wildman–Crippen LogP) is 1.91. The molecule has 0 aromatic heterocycles. The van der Waals surface area contributed by atoms with Crippen LogP contribution < -0.4 is 14.8 Å². The second kappa shape index (κ2) is 4.97. The van der Waals surface area contributed by atoms with Crippen molar-refractivity contribution >= 4 is 23.3 Å². The van der Waals surface area contributed by atoms with Gasteiger partial charge in [-0.2, -0.15) is 0 Å². The summed E-state index contributed by atoms with van der Waals surface area (Å²) in [7, 11) is 0. The van der Waals surface area contributed by atoms with Crippen LogP contribution in [0.2, 0.25) is 0 Å². The van der Waals surface area contributed by atoms with E-state index in [0.29, 0.717) is 22.7 Å². The van der Waals surface area contributed by atoms with Crippen molar-refractivity contribution in [2.45, 2.75) is 20.8 Å². The van der Waals surface area contributed by atoms with Crippen molar-refractivity contribution < 1.29 is 29.0 Å². The van der Waals surface area contributed by atoms with Gasteiger partial charge in [0.15, 0.2) is 17.3 Å². The maximum Gasteiger partial charge on any atom is 0.307 e. The van der Waals surface area contributed by atoms with Crippen LogP contribution in [0.4, 0.5) is 5.69 Å². The normalized spacial score (nSPS) is 23.3. The zero-order chi connectivity index (χ0) is 16.9. The second-order valence-electron chi connectivity index (χ2n) is 6.41. The number of carbonyl (C=O) groups is 3. The van der Waals surface area contributed by atoms with Gasteiger partial charge in [0.1, 0.15) is 0 Å². The van der Waals surface area contributed by atoms with E-state index in [0.717, 1.165) is 0 Å². The molecule has 0 spiro atoms. The Morgan fingerprint density at radius 2 is 1.78 bits per heavy atom. The fraction of sp³-hybridized carbons (Fsp3) is 0.438. The third-order valence-corrected chi connectivity index (χ3v) is 4.53. The average Bonchev–Trinajstić information content (AvgIpc) is 2.79. The summed E-state index contributed by atoms with van der Waals surface area (Å²) >= 11 is 0. The Bertz CT molecular complexity index is 724. The molecule has 0 radical (unpaired) electrons. The van der Waals surface area contributed by atoms with E-state index in [2.05, 4.69) is 5.32 Å². The fourth-order valence-corrected chi connectivity index (χ4v) is 3.14. The van der Waals surface area contributed by atoms with Crippen LogP contribution in [0.3, 0.4) is 0 Å². The van der Waals surface area contributed by atoms with Crippen LogP contribution in [-0.4, -0.2) is 29.6 Å². The lowest BCUT2D eigenvalue weighted by Gasteiger charge is -2.11. The molecule has 7 heteroatoms. The zero-order valence-electron chi connectivity index (χ0n) is 13.0. The van der Waals surface area contributed by atoms with Crippen molar-refractivity contribution in [3.05, 3.63) is 17.7 Å². The topological polar surface area (TPSA) is 102 Å². The Kier molecular flexibility index (Phi) is 3.31. The molecule has 2 N–H and O–H groups in total. The SMILES string of the molecule is CC(=O)c1cc2c(cc1NC(=O)[C@@H]1[C@H](C(=O)O)C1(C)C)OCO2. The first-order valence-corrected chi connectivity index (χ1v) is 7.21. The van der Waals surface area contributed by atoms with Crippen molar-refractivity contribution in [3.8, 4) is 11.5 Å². The minimum atomic E-state index is -0.993. The molecule has 7 nitrogen and oxygen atoms in total. The lowest BCUT2D eigenvalue weighted by atomic mass is 10.1. The van der Waals surface area contributed by atoms with Gasteiger partial charge in [0.2, 0.25) is 12.7 Å². The van der Waals surface area contributed by atoms with Gasteiger partial charge in [-0.1, -0.05) is 13.8 Å². The molecular formula is C16H17NO6. The van der Waals surface area contributed by atoms with Crippen LogP contribution >= 0.6 is 0 Å². The number of anilines is 1. The van der Waals surface area contributed by atoms with Gasteiger partial charge >= 0.3 is 5.97 Å². The largest absolute Gasteiger partial charge is 0.481 e. The van der Waals surface area contributed by atoms with Crippen LogP contribution in [-0.2, 0) is 9.59 Å². The molecule has 122 valence electrons. The molecule has 1 amide bonds. The van der Waals surface area contributed by atoms with Gasteiger partial charge in [0.05, 0.1) is 17.5 Å². The molecule has 1 aromatic carbocycles. The zero-order valence-corrected chi connectivity index (χ0v) is 13.0. The summed E-state index contributed by atoms with van der Waals surface area (Å²) in [6.45, 7) is 4.91. The predicted molar refractivity (Wildman–Crippen MR) is 79.6 cm³/mol. The second-order valence-corrected chi connectivity index (χ2v) is 6.41. The smallest absolute Gasteiger partial charge is 0.307 e. The number of carboxylic acid groups (broad SMARTS) is 1. The minimum Gasteiger partial charge on any atom is -0.481 e. The maximum absolute atomic E-state index is 12.4. The lowest BCUT2D eigenvalue weighted by Crippen LogP contribution is -2.19. The highest BCUT2D eigenvalue weighted by Gasteiger charge is 2.65. The molecule has 1 saturated carbocycles. The highest BCUT2D eigenvalue weighted by Crippen LogP contribution is 2.58. The number of nitrogens with one attached hydrogen (secondary N) is 1. The highest BCUT2D eigenvalue weighted by molar-refractivity contribution is 6.06. The van der Waals surface area contributed by atoms with E-state index in [-0.39, 0.29) is 12.6 Å². The van der Waals surface area contributed by atoms with Gasteiger partial charge in [-0.3, -0.25) is 14.4 Å². The number of ketones is 1. The Hall–Kier alpha value is -2.57. The van der Waals surface area contributed by atoms with E-state index in [1.165, 1.54) is 19.1 Å². The number of amides is 1. The standard InChI is InChI=1S/C16H17NO6/c1-7(18)8-4-10-11(23-6-22-10)5-9(8)17-14(19)12-13(15(20)21)16(12,2)3/h4-5,12-13H,6H2,1-3H3,(H,17,19)(H,20,21)/t12-,13+/m0/s1.